The lowest BCUT2D eigenvalue weighted by Gasteiger charge is -2.27. The van der Waals surface area contributed by atoms with Crippen molar-refractivity contribution in [2.45, 2.75) is 25.9 Å². The van der Waals surface area contributed by atoms with Crippen LogP contribution in [0.15, 0.2) is 30.3 Å². The average molecular weight is 218 g/mol. The van der Waals surface area contributed by atoms with Gasteiger partial charge in [-0.2, -0.15) is 0 Å². The fraction of sp³-hybridized carbons (Fsp3) is 0.429. The summed E-state index contributed by atoms with van der Waals surface area (Å²) in [5.41, 5.74) is 1.12. The van der Waals surface area contributed by atoms with Gasteiger partial charge in [-0.1, -0.05) is 37.6 Å². The van der Waals surface area contributed by atoms with Crippen LogP contribution in [-0.4, -0.2) is 17.8 Å². The number of aliphatic hydroxyl groups excluding tert-OH is 1. The maximum absolute atomic E-state index is 9.34. The van der Waals surface area contributed by atoms with Crippen molar-refractivity contribution in [3.63, 3.8) is 0 Å². The first-order valence-electron chi connectivity index (χ1n) is 5.90. The Morgan fingerprint density at radius 2 is 2.19 bits per heavy atom. The summed E-state index contributed by atoms with van der Waals surface area (Å²) in [5.74, 6) is 1.12. The van der Waals surface area contributed by atoms with Gasteiger partial charge in [-0.25, -0.2) is 0 Å². The molecule has 0 saturated heterocycles. The second kappa shape index (κ2) is 5.17. The van der Waals surface area contributed by atoms with E-state index in [1.54, 1.807) is 0 Å². The Morgan fingerprint density at radius 3 is 2.94 bits per heavy atom. The maximum Gasteiger partial charge on any atom is 0.127 e. The molecule has 1 N–H and O–H groups in total. The second-order valence-corrected chi connectivity index (χ2v) is 4.21. The first-order chi connectivity index (χ1) is 7.85. The van der Waals surface area contributed by atoms with Crippen LogP contribution in [0.1, 0.15) is 25.3 Å². The topological polar surface area (TPSA) is 29.5 Å². The molecule has 16 heavy (non-hydrogen) atoms. The molecule has 0 radical (unpaired) electrons. The number of rotatable bonds is 4. The fourth-order valence-electron chi connectivity index (χ4n) is 2.09. The molecule has 2 nitrogen and oxygen atoms in total. The number of benzene rings is 1. The number of ether oxygens (including phenoxy) is 1. The highest BCUT2D eigenvalue weighted by atomic mass is 16.5. The molecule has 86 valence electrons. The lowest BCUT2D eigenvalue weighted by molar-refractivity contribution is 0.110. The first kappa shape index (κ1) is 11.2. The molecule has 0 saturated carbocycles. The summed E-state index contributed by atoms with van der Waals surface area (Å²) in [6, 6.07) is 7.99. The monoisotopic (exact) mass is 218 g/mol. The predicted octanol–water partition coefficient (Wildman–Crippen LogP) is 2.87. The molecule has 1 aromatic carbocycles. The summed E-state index contributed by atoms with van der Waals surface area (Å²) in [6.07, 6.45) is 6.22. The zero-order chi connectivity index (χ0) is 11.4. The lowest BCUT2D eigenvalue weighted by Crippen LogP contribution is -2.29. The van der Waals surface area contributed by atoms with Gasteiger partial charge in [0.1, 0.15) is 11.9 Å². The van der Waals surface area contributed by atoms with Crippen molar-refractivity contribution in [1.29, 1.82) is 0 Å². The van der Waals surface area contributed by atoms with Gasteiger partial charge in [-0.15, -0.1) is 0 Å². The number of fused-ring (bicyclic) bond motifs is 1. The highest BCUT2D eigenvalue weighted by Gasteiger charge is 2.22. The molecule has 2 heteroatoms. The molecule has 1 aromatic rings. The van der Waals surface area contributed by atoms with Crippen LogP contribution in [0.25, 0.3) is 6.08 Å². The highest BCUT2D eigenvalue weighted by Crippen LogP contribution is 2.29. The third-order valence-electron chi connectivity index (χ3n) is 3.01. The molecule has 0 spiro atoms. The van der Waals surface area contributed by atoms with Gasteiger partial charge in [0.15, 0.2) is 0 Å². The van der Waals surface area contributed by atoms with Crippen molar-refractivity contribution >= 4 is 6.08 Å². The van der Waals surface area contributed by atoms with E-state index in [9.17, 15) is 5.11 Å². The van der Waals surface area contributed by atoms with Crippen molar-refractivity contribution < 1.29 is 9.84 Å². The fourth-order valence-corrected chi connectivity index (χ4v) is 2.09. The van der Waals surface area contributed by atoms with E-state index in [-0.39, 0.29) is 18.6 Å². The van der Waals surface area contributed by atoms with Crippen molar-refractivity contribution in [2.24, 2.45) is 5.92 Å². The molecule has 1 aliphatic rings. The Bertz CT molecular complexity index is 371. The predicted molar refractivity (Wildman–Crippen MR) is 65.4 cm³/mol. The number of para-hydroxylation sites is 1. The maximum atomic E-state index is 9.34. The van der Waals surface area contributed by atoms with Gasteiger partial charge in [0, 0.05) is 18.1 Å². The van der Waals surface area contributed by atoms with E-state index in [4.69, 9.17) is 4.74 Å². The van der Waals surface area contributed by atoms with Crippen molar-refractivity contribution in [3.8, 4) is 5.75 Å². The molecule has 0 fully saturated rings. The van der Waals surface area contributed by atoms with Crippen LogP contribution in [-0.2, 0) is 0 Å². The average Bonchev–Trinajstić information content (AvgIpc) is 2.35. The van der Waals surface area contributed by atoms with Crippen LogP contribution >= 0.6 is 0 Å². The van der Waals surface area contributed by atoms with Crippen molar-refractivity contribution in [1.82, 2.24) is 0 Å². The summed E-state index contributed by atoms with van der Waals surface area (Å²) < 4.78 is 5.89. The molecule has 1 aliphatic heterocycles. The molecule has 1 heterocycles. The van der Waals surface area contributed by atoms with E-state index in [1.165, 1.54) is 0 Å². The molecule has 0 bridgehead atoms. The number of aliphatic hydroxyl groups is 1. The lowest BCUT2D eigenvalue weighted by atomic mass is 9.95. The molecule has 2 atom stereocenters. The van der Waals surface area contributed by atoms with Gasteiger partial charge in [-0.3, -0.25) is 0 Å². The summed E-state index contributed by atoms with van der Waals surface area (Å²) in [7, 11) is 0. The minimum Gasteiger partial charge on any atom is -0.485 e. The molecular weight excluding hydrogens is 200 g/mol. The normalized spacial score (nSPS) is 20.0. The van der Waals surface area contributed by atoms with Gasteiger partial charge in [0.2, 0.25) is 0 Å². The van der Waals surface area contributed by atoms with E-state index < -0.39 is 0 Å². The summed E-state index contributed by atoms with van der Waals surface area (Å²) in [6.45, 7) is 2.31. The minimum absolute atomic E-state index is 0.0137. The van der Waals surface area contributed by atoms with E-state index in [2.05, 4.69) is 19.1 Å². The molecule has 0 aromatic heterocycles. The van der Waals surface area contributed by atoms with Crippen LogP contribution in [0.4, 0.5) is 0 Å². The summed E-state index contributed by atoms with van der Waals surface area (Å²) in [4.78, 5) is 0. The van der Waals surface area contributed by atoms with E-state index in [0.717, 1.165) is 24.2 Å². The quantitative estimate of drug-likeness (QED) is 0.842. The van der Waals surface area contributed by atoms with Crippen molar-refractivity contribution in [2.75, 3.05) is 6.61 Å². The SMILES string of the molecule is CCCC(CO)C1C=Cc2ccccc2O1. The first-order valence-corrected chi connectivity index (χ1v) is 5.90. The van der Waals surface area contributed by atoms with E-state index in [1.807, 2.05) is 24.3 Å². The van der Waals surface area contributed by atoms with Crippen molar-refractivity contribution in [3.05, 3.63) is 35.9 Å². The van der Waals surface area contributed by atoms with Crippen LogP contribution in [0.2, 0.25) is 0 Å². The highest BCUT2D eigenvalue weighted by molar-refractivity contribution is 5.59. The van der Waals surface area contributed by atoms with E-state index >= 15 is 0 Å². The van der Waals surface area contributed by atoms with E-state index in [0.29, 0.717) is 0 Å². The molecule has 2 unspecified atom stereocenters. The third-order valence-corrected chi connectivity index (χ3v) is 3.01. The number of hydrogen-bond donors (Lipinski definition) is 1. The van der Waals surface area contributed by atoms with Crippen LogP contribution in [0.5, 0.6) is 5.75 Å². The largest absolute Gasteiger partial charge is 0.485 e. The van der Waals surface area contributed by atoms with Crippen LogP contribution < -0.4 is 4.74 Å². The van der Waals surface area contributed by atoms with Gasteiger partial charge >= 0.3 is 0 Å². The summed E-state index contributed by atoms with van der Waals surface area (Å²) in [5, 5.41) is 9.34. The van der Waals surface area contributed by atoms with Crippen LogP contribution in [0, 0.1) is 5.92 Å². The Kier molecular flexibility index (Phi) is 3.62. The Balaban J connectivity index is 2.12. The Labute approximate surface area is 96.6 Å². The molecular formula is C14H18O2. The third kappa shape index (κ3) is 2.27. The van der Waals surface area contributed by atoms with Gasteiger partial charge < -0.3 is 9.84 Å². The van der Waals surface area contributed by atoms with Crippen LogP contribution in [0.3, 0.4) is 0 Å². The van der Waals surface area contributed by atoms with Gasteiger partial charge in [0.05, 0.1) is 0 Å². The smallest absolute Gasteiger partial charge is 0.127 e. The standard InChI is InChI=1S/C14H18O2/c1-2-5-12(10-15)14-9-8-11-6-3-4-7-13(11)16-14/h3-4,6-9,12,14-15H,2,5,10H2,1H3. The van der Waals surface area contributed by atoms with Gasteiger partial charge in [-0.05, 0) is 18.6 Å². The zero-order valence-corrected chi connectivity index (χ0v) is 9.60. The molecule has 0 amide bonds. The second-order valence-electron chi connectivity index (χ2n) is 4.21. The Morgan fingerprint density at radius 1 is 1.38 bits per heavy atom. The zero-order valence-electron chi connectivity index (χ0n) is 9.60. The summed E-state index contributed by atoms with van der Waals surface area (Å²) >= 11 is 0. The molecule has 2 rings (SSSR count). The number of hydrogen-bond acceptors (Lipinski definition) is 2. The molecule has 0 aliphatic carbocycles. The minimum atomic E-state index is 0.0137. The Hall–Kier alpha value is -1.28. The van der Waals surface area contributed by atoms with Gasteiger partial charge in [0.25, 0.3) is 0 Å².